The summed E-state index contributed by atoms with van der Waals surface area (Å²) in [5.74, 6) is -0.966. The molecule has 0 radical (unpaired) electrons. The zero-order valence-electron chi connectivity index (χ0n) is 11.7. The van der Waals surface area contributed by atoms with Crippen LogP contribution < -0.4 is 10.6 Å². The fourth-order valence-electron chi connectivity index (χ4n) is 1.84. The fourth-order valence-corrected chi connectivity index (χ4v) is 2.29. The minimum Gasteiger partial charge on any atom is -0.478 e. The highest BCUT2D eigenvalue weighted by atomic mass is 79.9. The van der Waals surface area contributed by atoms with Crippen LogP contribution in [0.4, 0.5) is 4.79 Å². The Morgan fingerprint density at radius 2 is 1.59 bits per heavy atom. The van der Waals surface area contributed by atoms with Crippen LogP contribution in [-0.2, 0) is 13.1 Å². The van der Waals surface area contributed by atoms with E-state index >= 15 is 0 Å². The van der Waals surface area contributed by atoms with Crippen molar-refractivity contribution in [3.63, 3.8) is 0 Å². The van der Waals surface area contributed by atoms with Gasteiger partial charge in [0.05, 0.1) is 5.56 Å². The van der Waals surface area contributed by atoms with Gasteiger partial charge in [-0.25, -0.2) is 9.59 Å². The summed E-state index contributed by atoms with van der Waals surface area (Å²) in [4.78, 5) is 22.5. The largest absolute Gasteiger partial charge is 0.478 e. The summed E-state index contributed by atoms with van der Waals surface area (Å²) in [6, 6.07) is 13.8. The summed E-state index contributed by atoms with van der Waals surface area (Å²) < 4.78 is 0.964. The van der Waals surface area contributed by atoms with E-state index in [9.17, 15) is 9.59 Å². The molecule has 0 fully saturated rings. The summed E-state index contributed by atoms with van der Waals surface area (Å²) in [6.07, 6.45) is 0. The molecule has 2 aromatic carbocycles. The Morgan fingerprint density at radius 3 is 2.18 bits per heavy atom. The Morgan fingerprint density at radius 1 is 0.955 bits per heavy atom. The van der Waals surface area contributed by atoms with E-state index in [-0.39, 0.29) is 11.6 Å². The molecule has 2 amide bonds. The minimum atomic E-state index is -0.966. The summed E-state index contributed by atoms with van der Waals surface area (Å²) in [6.45, 7) is 0.771. The summed E-state index contributed by atoms with van der Waals surface area (Å²) in [7, 11) is 0. The van der Waals surface area contributed by atoms with Gasteiger partial charge in [0, 0.05) is 17.6 Å². The maximum absolute atomic E-state index is 11.7. The van der Waals surface area contributed by atoms with Crippen LogP contribution >= 0.6 is 15.9 Å². The Kier molecular flexibility index (Phi) is 5.55. The summed E-state index contributed by atoms with van der Waals surface area (Å²) >= 11 is 3.38. The number of nitrogens with one attached hydrogen (secondary N) is 2. The van der Waals surface area contributed by atoms with Gasteiger partial charge in [-0.05, 0) is 35.4 Å². The quantitative estimate of drug-likeness (QED) is 0.764. The van der Waals surface area contributed by atoms with Crippen LogP contribution in [-0.4, -0.2) is 17.1 Å². The van der Waals surface area contributed by atoms with Gasteiger partial charge in [0.2, 0.25) is 0 Å². The topological polar surface area (TPSA) is 78.4 Å². The van der Waals surface area contributed by atoms with E-state index in [2.05, 4.69) is 26.6 Å². The van der Waals surface area contributed by atoms with Gasteiger partial charge >= 0.3 is 12.0 Å². The number of halogens is 1. The van der Waals surface area contributed by atoms with E-state index in [1.54, 1.807) is 12.1 Å². The second-order valence-corrected chi connectivity index (χ2v) is 5.58. The van der Waals surface area contributed by atoms with Crippen LogP contribution in [0.1, 0.15) is 21.5 Å². The molecule has 0 spiro atoms. The molecule has 0 bridgehead atoms. The zero-order valence-corrected chi connectivity index (χ0v) is 13.3. The first-order valence-corrected chi connectivity index (χ1v) is 7.42. The first-order chi connectivity index (χ1) is 10.5. The number of carboxylic acid groups (broad SMARTS) is 1. The average molecular weight is 363 g/mol. The molecule has 3 N–H and O–H groups in total. The number of benzene rings is 2. The van der Waals surface area contributed by atoms with Crippen molar-refractivity contribution in [2.24, 2.45) is 0 Å². The Bertz CT molecular complexity index is 671. The third-order valence-electron chi connectivity index (χ3n) is 3.00. The summed E-state index contributed by atoms with van der Waals surface area (Å²) in [5.41, 5.74) is 2.06. The van der Waals surface area contributed by atoms with Crippen LogP contribution in [0.3, 0.4) is 0 Å². The number of urea groups is 1. The van der Waals surface area contributed by atoms with Gasteiger partial charge in [0.25, 0.3) is 0 Å². The SMILES string of the molecule is O=C(NCc1ccc(C(=O)O)cc1)NCc1cccc(Br)c1. The molecule has 0 heterocycles. The molecule has 0 aliphatic carbocycles. The fraction of sp³-hybridized carbons (Fsp3) is 0.125. The van der Waals surface area contributed by atoms with Gasteiger partial charge in [0.1, 0.15) is 0 Å². The molecule has 114 valence electrons. The van der Waals surface area contributed by atoms with E-state index in [1.807, 2.05) is 24.3 Å². The number of carbonyl (C=O) groups excluding carboxylic acids is 1. The molecular formula is C16H15BrN2O3. The van der Waals surface area contributed by atoms with Crippen LogP contribution in [0.15, 0.2) is 53.0 Å². The Hall–Kier alpha value is -2.34. The van der Waals surface area contributed by atoms with Gasteiger partial charge in [-0.1, -0.05) is 40.2 Å². The molecular weight excluding hydrogens is 348 g/mol. The van der Waals surface area contributed by atoms with Crippen molar-refractivity contribution in [2.75, 3.05) is 0 Å². The van der Waals surface area contributed by atoms with Crippen LogP contribution in [0.2, 0.25) is 0 Å². The van der Waals surface area contributed by atoms with Crippen molar-refractivity contribution in [3.05, 3.63) is 69.7 Å². The number of carbonyl (C=O) groups is 2. The zero-order chi connectivity index (χ0) is 15.9. The molecule has 2 aromatic rings. The van der Waals surface area contributed by atoms with E-state index in [4.69, 9.17) is 5.11 Å². The standard InChI is InChI=1S/C16H15BrN2O3/c17-14-3-1-2-12(8-14)10-19-16(22)18-9-11-4-6-13(7-5-11)15(20)21/h1-8H,9-10H2,(H,20,21)(H2,18,19,22). The molecule has 0 aliphatic heterocycles. The lowest BCUT2D eigenvalue weighted by atomic mass is 10.1. The minimum absolute atomic E-state index is 0.225. The van der Waals surface area contributed by atoms with E-state index in [1.165, 1.54) is 12.1 Å². The molecule has 0 saturated heterocycles. The lowest BCUT2D eigenvalue weighted by Gasteiger charge is -2.08. The third-order valence-corrected chi connectivity index (χ3v) is 3.49. The maximum atomic E-state index is 11.7. The van der Waals surface area contributed by atoms with Crippen molar-refractivity contribution in [1.29, 1.82) is 0 Å². The van der Waals surface area contributed by atoms with E-state index < -0.39 is 5.97 Å². The van der Waals surface area contributed by atoms with E-state index in [0.29, 0.717) is 13.1 Å². The summed E-state index contributed by atoms with van der Waals surface area (Å²) in [5, 5.41) is 14.3. The number of aromatic carboxylic acids is 1. The highest BCUT2D eigenvalue weighted by Gasteiger charge is 2.04. The molecule has 2 rings (SSSR count). The smallest absolute Gasteiger partial charge is 0.335 e. The second-order valence-electron chi connectivity index (χ2n) is 4.67. The average Bonchev–Trinajstić information content (AvgIpc) is 2.51. The van der Waals surface area contributed by atoms with Crippen molar-refractivity contribution >= 4 is 27.9 Å². The number of rotatable bonds is 5. The van der Waals surface area contributed by atoms with Crippen molar-refractivity contribution in [3.8, 4) is 0 Å². The molecule has 0 aromatic heterocycles. The molecule has 0 saturated carbocycles. The van der Waals surface area contributed by atoms with Gasteiger partial charge in [0.15, 0.2) is 0 Å². The van der Waals surface area contributed by atoms with Crippen molar-refractivity contribution < 1.29 is 14.7 Å². The predicted molar refractivity (Wildman–Crippen MR) is 86.6 cm³/mol. The van der Waals surface area contributed by atoms with Crippen LogP contribution in [0, 0.1) is 0 Å². The number of hydrogen-bond acceptors (Lipinski definition) is 2. The van der Waals surface area contributed by atoms with Gasteiger partial charge in [-0.3, -0.25) is 0 Å². The number of amides is 2. The Balaban J connectivity index is 1.79. The number of hydrogen-bond donors (Lipinski definition) is 3. The number of carboxylic acids is 1. The highest BCUT2D eigenvalue weighted by molar-refractivity contribution is 9.10. The first kappa shape index (κ1) is 16.0. The van der Waals surface area contributed by atoms with Crippen molar-refractivity contribution in [2.45, 2.75) is 13.1 Å². The van der Waals surface area contributed by atoms with Gasteiger partial charge in [-0.15, -0.1) is 0 Å². The second kappa shape index (κ2) is 7.61. The molecule has 6 heteroatoms. The lowest BCUT2D eigenvalue weighted by Crippen LogP contribution is -2.34. The highest BCUT2D eigenvalue weighted by Crippen LogP contribution is 2.11. The Labute approximate surface area is 136 Å². The van der Waals surface area contributed by atoms with Crippen molar-refractivity contribution in [1.82, 2.24) is 10.6 Å². The monoisotopic (exact) mass is 362 g/mol. The third kappa shape index (κ3) is 4.89. The molecule has 22 heavy (non-hydrogen) atoms. The van der Waals surface area contributed by atoms with Crippen LogP contribution in [0.5, 0.6) is 0 Å². The van der Waals surface area contributed by atoms with Gasteiger partial charge in [-0.2, -0.15) is 0 Å². The van der Waals surface area contributed by atoms with E-state index in [0.717, 1.165) is 15.6 Å². The lowest BCUT2D eigenvalue weighted by molar-refractivity contribution is 0.0697. The molecule has 0 atom stereocenters. The molecule has 5 nitrogen and oxygen atoms in total. The van der Waals surface area contributed by atoms with Crippen LogP contribution in [0.25, 0.3) is 0 Å². The molecule has 0 unspecified atom stereocenters. The normalized spacial score (nSPS) is 10.0. The predicted octanol–water partition coefficient (Wildman–Crippen LogP) is 3.15. The van der Waals surface area contributed by atoms with Gasteiger partial charge < -0.3 is 15.7 Å². The maximum Gasteiger partial charge on any atom is 0.335 e. The molecule has 0 aliphatic rings. The first-order valence-electron chi connectivity index (χ1n) is 6.63.